The molecule has 0 fully saturated rings. The first-order valence-electron chi connectivity index (χ1n) is 6.83. The molecule has 116 valence electrons. The molecule has 0 bridgehead atoms. The quantitative estimate of drug-likeness (QED) is 0.605. The van der Waals surface area contributed by atoms with Crippen LogP contribution < -0.4 is 5.46 Å². The van der Waals surface area contributed by atoms with E-state index >= 15 is 0 Å². The molecule has 1 rings (SSSR count). The second-order valence-electron chi connectivity index (χ2n) is 6.06. The Bertz CT molecular complexity index is 493. The zero-order valence-electron chi connectivity index (χ0n) is 13.2. The van der Waals surface area contributed by atoms with Gasteiger partial charge in [-0.3, -0.25) is 4.79 Å². The van der Waals surface area contributed by atoms with Crippen molar-refractivity contribution in [3.63, 3.8) is 0 Å². The third kappa shape index (κ3) is 5.15. The van der Waals surface area contributed by atoms with Crippen molar-refractivity contribution < 1.29 is 24.3 Å². The van der Waals surface area contributed by atoms with Gasteiger partial charge in [0.05, 0.1) is 11.2 Å². The van der Waals surface area contributed by atoms with Crippen LogP contribution >= 0.6 is 0 Å². The summed E-state index contributed by atoms with van der Waals surface area (Å²) < 4.78 is 10.5. The molecule has 0 aromatic heterocycles. The van der Waals surface area contributed by atoms with Gasteiger partial charge >= 0.3 is 13.1 Å². The molecule has 0 spiro atoms. The summed E-state index contributed by atoms with van der Waals surface area (Å²) in [5.74, 6) is -0.361. The molecule has 21 heavy (non-hydrogen) atoms. The summed E-state index contributed by atoms with van der Waals surface area (Å²) in [6, 6.07) is 6.95. The lowest BCUT2D eigenvalue weighted by Crippen LogP contribution is -2.53. The summed E-state index contributed by atoms with van der Waals surface area (Å²) in [6.45, 7) is 8.14. The van der Waals surface area contributed by atoms with Crippen molar-refractivity contribution >= 4 is 18.6 Å². The maximum absolute atomic E-state index is 10.8. The van der Waals surface area contributed by atoms with Gasteiger partial charge in [-0.15, -0.1) is 0 Å². The van der Waals surface area contributed by atoms with Crippen molar-refractivity contribution in [2.24, 2.45) is 0 Å². The third-order valence-corrected chi connectivity index (χ3v) is 3.56. The highest BCUT2D eigenvalue weighted by Crippen LogP contribution is 2.25. The Hall–Kier alpha value is -1.37. The second-order valence-corrected chi connectivity index (χ2v) is 6.06. The van der Waals surface area contributed by atoms with Crippen molar-refractivity contribution in [2.75, 3.05) is 0 Å². The average molecular weight is 294 g/mol. The third-order valence-electron chi connectivity index (χ3n) is 3.56. The molecule has 0 saturated carbocycles. The van der Waals surface area contributed by atoms with Crippen LogP contribution in [0.4, 0.5) is 0 Å². The molecule has 1 aromatic rings. The van der Waals surface area contributed by atoms with Crippen LogP contribution in [0, 0.1) is 0 Å². The molecule has 0 unspecified atom stereocenters. The van der Waals surface area contributed by atoms with Gasteiger partial charge in [0.25, 0.3) is 0 Å². The zero-order chi connectivity index (χ0) is 16.3. The second kappa shape index (κ2) is 6.60. The summed E-state index contributed by atoms with van der Waals surface area (Å²) in [4.78, 5) is 10.8. The van der Waals surface area contributed by atoms with Crippen LogP contribution in [0.1, 0.15) is 40.2 Å². The first kappa shape index (κ1) is 17.7. The van der Waals surface area contributed by atoms with E-state index in [0.29, 0.717) is 5.46 Å². The molecule has 0 radical (unpaired) electrons. The number of rotatable bonds is 6. The van der Waals surface area contributed by atoms with Crippen molar-refractivity contribution in [3.8, 4) is 0 Å². The highest BCUT2D eigenvalue weighted by atomic mass is 16.5. The SMILES string of the molecule is CC(=O)OCc1cccc(B(O)OC(C)(C)C(C)(C)O)c1. The van der Waals surface area contributed by atoms with Crippen LogP contribution in [0.2, 0.25) is 0 Å². The first-order chi connectivity index (χ1) is 9.53. The van der Waals surface area contributed by atoms with Crippen molar-refractivity contribution in [1.29, 1.82) is 0 Å². The fraction of sp³-hybridized carbons (Fsp3) is 0.533. The normalized spacial score (nSPS) is 12.1. The van der Waals surface area contributed by atoms with E-state index in [4.69, 9.17) is 9.39 Å². The van der Waals surface area contributed by atoms with Crippen LogP contribution in [-0.4, -0.2) is 34.4 Å². The number of hydrogen-bond donors (Lipinski definition) is 2. The van der Waals surface area contributed by atoms with Crippen LogP contribution in [-0.2, 0) is 20.8 Å². The highest BCUT2D eigenvalue weighted by molar-refractivity contribution is 6.60. The Balaban J connectivity index is 2.81. The van der Waals surface area contributed by atoms with Gasteiger partial charge in [-0.1, -0.05) is 24.3 Å². The monoisotopic (exact) mass is 294 g/mol. The molecule has 1 aromatic carbocycles. The first-order valence-corrected chi connectivity index (χ1v) is 6.83. The van der Waals surface area contributed by atoms with Crippen LogP contribution in [0.5, 0.6) is 0 Å². The average Bonchev–Trinajstić information content (AvgIpc) is 2.35. The van der Waals surface area contributed by atoms with E-state index in [1.165, 1.54) is 6.92 Å². The topological polar surface area (TPSA) is 76.0 Å². The van der Waals surface area contributed by atoms with Gasteiger partial charge in [0.15, 0.2) is 0 Å². The standard InChI is InChI=1S/C15H23BO5/c1-11(17)20-10-12-7-6-8-13(9-12)16(19)21-15(4,5)14(2,3)18/h6-9,18-19H,10H2,1-5H3. The Morgan fingerprint density at radius 1 is 1.29 bits per heavy atom. The number of aliphatic hydroxyl groups is 1. The number of ether oxygens (including phenoxy) is 1. The Kier molecular flexibility index (Phi) is 5.56. The minimum Gasteiger partial charge on any atom is -0.461 e. The number of esters is 1. The van der Waals surface area contributed by atoms with E-state index in [1.54, 1.807) is 52.0 Å². The van der Waals surface area contributed by atoms with E-state index in [0.717, 1.165) is 5.56 Å². The summed E-state index contributed by atoms with van der Waals surface area (Å²) in [5.41, 5.74) is -0.745. The molecule has 0 saturated heterocycles. The van der Waals surface area contributed by atoms with E-state index in [1.807, 2.05) is 0 Å². The molecule has 2 N–H and O–H groups in total. The fourth-order valence-electron chi connectivity index (χ4n) is 1.51. The van der Waals surface area contributed by atoms with Gasteiger partial charge in [-0.05, 0) is 38.7 Å². The molecule has 0 heterocycles. The molecule has 0 aliphatic rings. The lowest BCUT2D eigenvalue weighted by Gasteiger charge is -2.38. The minimum absolute atomic E-state index is 0.144. The van der Waals surface area contributed by atoms with Crippen LogP contribution in [0.15, 0.2) is 24.3 Å². The minimum atomic E-state index is -1.18. The summed E-state index contributed by atoms with van der Waals surface area (Å²) >= 11 is 0. The predicted octanol–water partition coefficient (Wildman–Crippen LogP) is 1.00. The lowest BCUT2D eigenvalue weighted by molar-refractivity contribution is -0.142. The molecular formula is C15H23BO5. The van der Waals surface area contributed by atoms with Crippen molar-refractivity contribution in [3.05, 3.63) is 29.8 Å². The Labute approximate surface area is 126 Å². The van der Waals surface area contributed by atoms with Gasteiger partial charge in [0.1, 0.15) is 6.61 Å². The molecule has 0 aliphatic heterocycles. The zero-order valence-corrected chi connectivity index (χ0v) is 13.2. The van der Waals surface area contributed by atoms with Gasteiger partial charge in [-0.2, -0.15) is 0 Å². The van der Waals surface area contributed by atoms with Crippen LogP contribution in [0.25, 0.3) is 0 Å². The molecule has 0 atom stereocenters. The number of carbonyl (C=O) groups excluding carboxylic acids is 1. The highest BCUT2D eigenvalue weighted by Gasteiger charge is 2.39. The van der Waals surface area contributed by atoms with E-state index in [2.05, 4.69) is 0 Å². The van der Waals surface area contributed by atoms with E-state index < -0.39 is 18.3 Å². The Morgan fingerprint density at radius 2 is 1.90 bits per heavy atom. The smallest absolute Gasteiger partial charge is 0.461 e. The summed E-state index contributed by atoms with van der Waals surface area (Å²) in [6.07, 6.45) is 0. The molecule has 0 aliphatic carbocycles. The van der Waals surface area contributed by atoms with Gasteiger partial charge in [0.2, 0.25) is 0 Å². The number of hydrogen-bond acceptors (Lipinski definition) is 5. The summed E-state index contributed by atoms with van der Waals surface area (Å²) in [5, 5.41) is 20.2. The molecule has 6 heteroatoms. The molecule has 5 nitrogen and oxygen atoms in total. The van der Waals surface area contributed by atoms with E-state index in [-0.39, 0.29) is 12.6 Å². The summed E-state index contributed by atoms with van der Waals surface area (Å²) in [7, 11) is -1.18. The van der Waals surface area contributed by atoms with Gasteiger partial charge in [-0.25, -0.2) is 0 Å². The van der Waals surface area contributed by atoms with E-state index in [9.17, 15) is 14.9 Å². The molecular weight excluding hydrogens is 271 g/mol. The maximum Gasteiger partial charge on any atom is 0.491 e. The predicted molar refractivity (Wildman–Crippen MR) is 81.0 cm³/mol. The van der Waals surface area contributed by atoms with Crippen molar-refractivity contribution in [1.82, 2.24) is 0 Å². The molecule has 0 amide bonds. The largest absolute Gasteiger partial charge is 0.491 e. The van der Waals surface area contributed by atoms with Gasteiger partial charge in [0, 0.05) is 6.92 Å². The van der Waals surface area contributed by atoms with Crippen molar-refractivity contribution in [2.45, 2.75) is 52.4 Å². The fourth-order valence-corrected chi connectivity index (χ4v) is 1.51. The Morgan fingerprint density at radius 3 is 2.43 bits per heavy atom. The number of benzene rings is 1. The van der Waals surface area contributed by atoms with Crippen LogP contribution in [0.3, 0.4) is 0 Å². The maximum atomic E-state index is 10.8. The lowest BCUT2D eigenvalue weighted by atomic mass is 9.76. The number of carbonyl (C=O) groups is 1. The van der Waals surface area contributed by atoms with Gasteiger partial charge < -0.3 is 19.5 Å².